The van der Waals surface area contributed by atoms with E-state index in [2.05, 4.69) is 6.58 Å². The quantitative estimate of drug-likeness (QED) is 0.149. The fourth-order valence-corrected chi connectivity index (χ4v) is 3.79. The Kier molecular flexibility index (Phi) is 15.9. The third-order valence-electron chi connectivity index (χ3n) is 6.14. The molecule has 1 rings (SSSR count). The van der Waals surface area contributed by atoms with Gasteiger partial charge in [-0.1, -0.05) is 32.1 Å². The largest absolute Gasteiger partial charge is 0.463 e. The summed E-state index contributed by atoms with van der Waals surface area (Å²) in [5.41, 5.74) is 1.79. The van der Waals surface area contributed by atoms with Gasteiger partial charge < -0.3 is 33.2 Å². The van der Waals surface area contributed by atoms with Gasteiger partial charge in [0.25, 0.3) is 0 Å². The van der Waals surface area contributed by atoms with Crippen LogP contribution in [0, 0.1) is 5.92 Å². The molecule has 0 aromatic rings. The highest BCUT2D eigenvalue weighted by atomic mass is 16.7. The summed E-state index contributed by atoms with van der Waals surface area (Å²) in [4.78, 5) is 59.3. The Morgan fingerprint density at radius 2 is 1.44 bits per heavy atom. The number of allylic oxidation sites excluding steroid dienone is 1. The Hall–Kier alpha value is -3.25. The molecule has 232 valence electrons. The van der Waals surface area contributed by atoms with Crippen molar-refractivity contribution in [2.45, 2.75) is 105 Å². The first-order valence-corrected chi connectivity index (χ1v) is 13.7. The second kappa shape index (κ2) is 18.2. The standard InChI is InChI=1S/C29H44O12/c1-9-19(4)28(34)41-26-25(38-22(7)32)24(16-37-21(6)31)40-29(27(26)39-23(8)33)35-14-13-17(2)11-10-12-18(3)15-36-20(5)30/h12,19,24-27,29H,2,9-11,13-16H2,1,3-8H3/b18-12-/t19?,24-,25-,26+,27-,29-/m1/s1. The van der Waals surface area contributed by atoms with Crippen LogP contribution in [0.2, 0.25) is 0 Å². The topological polar surface area (TPSA) is 150 Å². The molecular weight excluding hydrogens is 540 g/mol. The van der Waals surface area contributed by atoms with Crippen LogP contribution in [-0.4, -0.2) is 80.4 Å². The van der Waals surface area contributed by atoms with Gasteiger partial charge in [0, 0.05) is 27.7 Å². The first kappa shape index (κ1) is 35.8. The van der Waals surface area contributed by atoms with Gasteiger partial charge in [0.2, 0.25) is 0 Å². The molecule has 6 atom stereocenters. The second-order valence-corrected chi connectivity index (χ2v) is 9.94. The van der Waals surface area contributed by atoms with Crippen molar-refractivity contribution in [2.24, 2.45) is 5.92 Å². The highest BCUT2D eigenvalue weighted by Gasteiger charge is 2.53. The molecule has 0 aromatic heterocycles. The van der Waals surface area contributed by atoms with E-state index >= 15 is 0 Å². The van der Waals surface area contributed by atoms with Crippen LogP contribution in [0.5, 0.6) is 0 Å². The molecule has 0 radical (unpaired) electrons. The Balaban J connectivity index is 3.08. The zero-order chi connectivity index (χ0) is 31.1. The van der Waals surface area contributed by atoms with Crippen molar-refractivity contribution in [3.05, 3.63) is 23.8 Å². The fraction of sp³-hybridized carbons (Fsp3) is 0.690. The molecule has 1 saturated heterocycles. The van der Waals surface area contributed by atoms with E-state index in [1.807, 2.05) is 19.9 Å². The summed E-state index contributed by atoms with van der Waals surface area (Å²) in [6, 6.07) is 0. The van der Waals surface area contributed by atoms with Crippen LogP contribution in [0.4, 0.5) is 0 Å². The Labute approximate surface area is 241 Å². The molecule has 0 aliphatic carbocycles. The molecule has 41 heavy (non-hydrogen) atoms. The monoisotopic (exact) mass is 584 g/mol. The third kappa shape index (κ3) is 13.8. The van der Waals surface area contributed by atoms with Gasteiger partial charge in [0.1, 0.15) is 19.3 Å². The maximum Gasteiger partial charge on any atom is 0.309 e. The van der Waals surface area contributed by atoms with E-state index in [0.29, 0.717) is 25.7 Å². The summed E-state index contributed by atoms with van der Waals surface area (Å²) in [6.45, 7) is 14.3. The summed E-state index contributed by atoms with van der Waals surface area (Å²) in [5.74, 6) is -3.43. The van der Waals surface area contributed by atoms with Gasteiger partial charge in [-0.3, -0.25) is 24.0 Å². The lowest BCUT2D eigenvalue weighted by molar-refractivity contribution is -0.308. The summed E-state index contributed by atoms with van der Waals surface area (Å²) >= 11 is 0. The molecule has 0 N–H and O–H groups in total. The number of carbonyl (C=O) groups is 5. The van der Waals surface area contributed by atoms with Gasteiger partial charge in [-0.2, -0.15) is 0 Å². The van der Waals surface area contributed by atoms with Crippen molar-refractivity contribution in [1.29, 1.82) is 0 Å². The Morgan fingerprint density at radius 1 is 0.829 bits per heavy atom. The molecule has 0 aromatic carbocycles. The van der Waals surface area contributed by atoms with Crippen LogP contribution in [-0.2, 0) is 57.1 Å². The molecule has 0 spiro atoms. The fourth-order valence-electron chi connectivity index (χ4n) is 3.79. The summed E-state index contributed by atoms with van der Waals surface area (Å²) in [6.07, 6.45) is -1.93. The molecule has 1 aliphatic rings. The first-order chi connectivity index (χ1) is 19.2. The maximum absolute atomic E-state index is 12.8. The smallest absolute Gasteiger partial charge is 0.309 e. The SMILES string of the molecule is C=C(CC/C=C(/C)COC(C)=O)CCO[C@@H]1O[C@H](COC(C)=O)[C@@H](OC(C)=O)[C@H](OC(=O)C(C)CC)[C@H]1OC(C)=O. The van der Waals surface area contributed by atoms with Crippen molar-refractivity contribution < 1.29 is 57.1 Å². The zero-order valence-corrected chi connectivity index (χ0v) is 25.1. The van der Waals surface area contributed by atoms with E-state index in [1.165, 1.54) is 27.7 Å². The molecule has 1 aliphatic heterocycles. The summed E-state index contributed by atoms with van der Waals surface area (Å²) in [5, 5.41) is 0. The highest BCUT2D eigenvalue weighted by molar-refractivity contribution is 5.72. The van der Waals surface area contributed by atoms with Crippen molar-refractivity contribution in [3.63, 3.8) is 0 Å². The summed E-state index contributed by atoms with van der Waals surface area (Å²) in [7, 11) is 0. The van der Waals surface area contributed by atoms with Crippen LogP contribution in [0.1, 0.15) is 74.1 Å². The molecule has 0 saturated carbocycles. The molecule has 12 nitrogen and oxygen atoms in total. The third-order valence-corrected chi connectivity index (χ3v) is 6.14. The van der Waals surface area contributed by atoms with Gasteiger partial charge in [0.05, 0.1) is 12.5 Å². The molecule has 1 fully saturated rings. The van der Waals surface area contributed by atoms with E-state index < -0.39 is 60.5 Å². The highest BCUT2D eigenvalue weighted by Crippen LogP contribution is 2.31. The predicted molar refractivity (Wildman–Crippen MR) is 145 cm³/mol. The average Bonchev–Trinajstić information content (AvgIpc) is 2.88. The van der Waals surface area contributed by atoms with Crippen molar-refractivity contribution in [2.75, 3.05) is 19.8 Å². The lowest BCUT2D eigenvalue weighted by Gasteiger charge is -2.44. The van der Waals surface area contributed by atoms with Crippen LogP contribution in [0.25, 0.3) is 0 Å². The van der Waals surface area contributed by atoms with Crippen molar-refractivity contribution >= 4 is 29.8 Å². The number of esters is 5. The van der Waals surface area contributed by atoms with E-state index in [9.17, 15) is 24.0 Å². The molecular formula is C29H44O12. The molecule has 1 unspecified atom stereocenters. The predicted octanol–water partition coefficient (Wildman–Crippen LogP) is 3.35. The van der Waals surface area contributed by atoms with Gasteiger partial charge in [-0.15, -0.1) is 0 Å². The number of hydrogen-bond donors (Lipinski definition) is 0. The number of rotatable bonds is 16. The Morgan fingerprint density at radius 3 is 2.00 bits per heavy atom. The molecule has 0 bridgehead atoms. The minimum Gasteiger partial charge on any atom is -0.463 e. The zero-order valence-electron chi connectivity index (χ0n) is 25.1. The van der Waals surface area contributed by atoms with Crippen molar-refractivity contribution in [1.82, 2.24) is 0 Å². The van der Waals surface area contributed by atoms with E-state index in [0.717, 1.165) is 11.1 Å². The lowest BCUT2D eigenvalue weighted by atomic mass is 9.97. The van der Waals surface area contributed by atoms with E-state index in [-0.39, 0.29) is 25.8 Å². The van der Waals surface area contributed by atoms with E-state index in [1.54, 1.807) is 6.92 Å². The number of ether oxygens (including phenoxy) is 7. The minimum atomic E-state index is -1.29. The number of carbonyl (C=O) groups excluding carboxylic acids is 5. The van der Waals surface area contributed by atoms with Crippen LogP contribution >= 0.6 is 0 Å². The number of hydrogen-bond acceptors (Lipinski definition) is 12. The minimum absolute atomic E-state index is 0.113. The van der Waals surface area contributed by atoms with Gasteiger partial charge in [-0.25, -0.2) is 0 Å². The average molecular weight is 585 g/mol. The van der Waals surface area contributed by atoms with Gasteiger partial charge in [0.15, 0.2) is 24.6 Å². The summed E-state index contributed by atoms with van der Waals surface area (Å²) < 4.78 is 38.6. The normalized spacial score (nSPS) is 23.1. The Bertz CT molecular complexity index is 955. The van der Waals surface area contributed by atoms with Gasteiger partial charge >= 0.3 is 29.8 Å². The maximum atomic E-state index is 12.8. The molecule has 12 heteroatoms. The van der Waals surface area contributed by atoms with Crippen molar-refractivity contribution in [3.8, 4) is 0 Å². The van der Waals surface area contributed by atoms with Gasteiger partial charge in [-0.05, 0) is 38.2 Å². The molecule has 0 amide bonds. The van der Waals surface area contributed by atoms with Crippen LogP contribution in [0.15, 0.2) is 23.8 Å². The van der Waals surface area contributed by atoms with E-state index in [4.69, 9.17) is 33.2 Å². The first-order valence-electron chi connectivity index (χ1n) is 13.7. The second-order valence-electron chi connectivity index (χ2n) is 9.94. The molecule has 1 heterocycles. The van der Waals surface area contributed by atoms with Crippen LogP contribution in [0.3, 0.4) is 0 Å². The lowest BCUT2D eigenvalue weighted by Crippen LogP contribution is -2.63. The van der Waals surface area contributed by atoms with Crippen LogP contribution < -0.4 is 0 Å².